The first-order valence-corrected chi connectivity index (χ1v) is 11.3. The van der Waals surface area contributed by atoms with Gasteiger partial charge in [0.25, 0.3) is 0 Å². The minimum atomic E-state index is -4.42. The molecule has 6 nitrogen and oxygen atoms in total. The molecule has 0 unspecified atom stereocenters. The summed E-state index contributed by atoms with van der Waals surface area (Å²) in [4.78, 5) is 13.6. The zero-order chi connectivity index (χ0) is 24.2. The average Bonchev–Trinajstić information content (AvgIpc) is 2.73. The molecule has 0 aliphatic rings. The van der Waals surface area contributed by atoms with Gasteiger partial charge >= 0.3 is 0 Å². The Hall–Kier alpha value is -3.37. The highest BCUT2D eigenvalue weighted by Gasteiger charge is 2.28. The van der Waals surface area contributed by atoms with Gasteiger partial charge in [-0.05, 0) is 36.2 Å². The Balaban J connectivity index is 1.91. The van der Waals surface area contributed by atoms with Crippen LogP contribution in [0.4, 0.5) is 24.5 Å². The van der Waals surface area contributed by atoms with Crippen molar-refractivity contribution < 1.29 is 26.4 Å². The van der Waals surface area contributed by atoms with Crippen molar-refractivity contribution in [1.29, 1.82) is 0 Å². The average molecular weight is 478 g/mol. The number of carbonyl (C=O) groups is 1. The predicted molar refractivity (Wildman–Crippen MR) is 120 cm³/mol. The Morgan fingerprint density at radius 2 is 1.48 bits per heavy atom. The molecule has 0 fully saturated rings. The molecule has 10 heteroatoms. The first-order chi connectivity index (χ1) is 15.6. The molecule has 3 rings (SSSR count). The highest BCUT2D eigenvalue weighted by atomic mass is 32.2. The Labute approximate surface area is 190 Å². The second-order valence-electron chi connectivity index (χ2n) is 7.47. The van der Waals surface area contributed by atoms with E-state index < -0.39 is 44.3 Å². The van der Waals surface area contributed by atoms with Gasteiger partial charge in [-0.2, -0.15) is 4.72 Å². The molecule has 2 N–H and O–H groups in total. The number of benzene rings is 3. The van der Waals surface area contributed by atoms with Gasteiger partial charge in [0.15, 0.2) is 11.6 Å². The Kier molecular flexibility index (Phi) is 7.39. The molecule has 0 spiro atoms. The van der Waals surface area contributed by atoms with Gasteiger partial charge in [0, 0.05) is 19.8 Å². The van der Waals surface area contributed by atoms with Crippen molar-refractivity contribution in [2.45, 2.75) is 17.4 Å². The fraction of sp³-hybridized carbons (Fsp3) is 0.174. The minimum absolute atomic E-state index is 0.0822. The second-order valence-corrected chi connectivity index (χ2v) is 9.15. The zero-order valence-corrected chi connectivity index (χ0v) is 18.7. The molecular weight excluding hydrogens is 455 g/mol. The maximum absolute atomic E-state index is 14.3. The standard InChI is InChI=1S/C23H22F3N3O3S/c1-29(2)22-18(25)13-16(14-19(22)26)27-23(30)20(12-15-8-4-3-5-9-15)28-33(31,32)21-11-7-6-10-17(21)24/h3-11,13-14,20,28H,12H2,1-2H3,(H,27,30)/t20-/m0/s1. The van der Waals surface area contributed by atoms with Gasteiger partial charge in [-0.1, -0.05) is 42.5 Å². The van der Waals surface area contributed by atoms with E-state index in [1.807, 2.05) is 0 Å². The number of carbonyl (C=O) groups excluding carboxylic acids is 1. The van der Waals surface area contributed by atoms with Crippen LogP contribution in [0, 0.1) is 17.5 Å². The first kappa shape index (κ1) is 24.3. The van der Waals surface area contributed by atoms with Crippen LogP contribution in [0.1, 0.15) is 5.56 Å². The van der Waals surface area contributed by atoms with Crippen molar-refractivity contribution in [3.05, 3.63) is 89.7 Å². The molecule has 0 saturated carbocycles. The molecule has 0 radical (unpaired) electrons. The van der Waals surface area contributed by atoms with Crippen molar-refractivity contribution in [1.82, 2.24) is 4.72 Å². The van der Waals surface area contributed by atoms with Gasteiger partial charge in [-0.15, -0.1) is 0 Å². The number of nitrogens with zero attached hydrogens (tertiary/aromatic N) is 1. The molecule has 0 saturated heterocycles. The van der Waals surface area contributed by atoms with E-state index in [4.69, 9.17) is 0 Å². The largest absolute Gasteiger partial charge is 0.373 e. The maximum Gasteiger partial charge on any atom is 0.244 e. The number of sulfonamides is 1. The van der Waals surface area contributed by atoms with E-state index in [1.165, 1.54) is 31.1 Å². The van der Waals surface area contributed by atoms with E-state index in [9.17, 15) is 26.4 Å². The smallest absolute Gasteiger partial charge is 0.244 e. The lowest BCUT2D eigenvalue weighted by atomic mass is 10.1. The molecule has 0 bridgehead atoms. The van der Waals surface area contributed by atoms with Crippen LogP contribution in [-0.4, -0.2) is 34.5 Å². The van der Waals surface area contributed by atoms with Gasteiger partial charge in [0.2, 0.25) is 15.9 Å². The Morgan fingerprint density at radius 3 is 2.06 bits per heavy atom. The lowest BCUT2D eigenvalue weighted by Gasteiger charge is -2.20. The molecule has 174 valence electrons. The van der Waals surface area contributed by atoms with Gasteiger partial charge < -0.3 is 10.2 Å². The third-order valence-corrected chi connectivity index (χ3v) is 6.26. The van der Waals surface area contributed by atoms with Crippen molar-refractivity contribution in [2.24, 2.45) is 0 Å². The molecule has 0 aromatic heterocycles. The molecular formula is C23H22F3N3O3S. The van der Waals surface area contributed by atoms with Gasteiger partial charge in [0.05, 0.1) is 0 Å². The lowest BCUT2D eigenvalue weighted by molar-refractivity contribution is -0.117. The zero-order valence-electron chi connectivity index (χ0n) is 17.8. The summed E-state index contributed by atoms with van der Waals surface area (Å²) < 4.78 is 70.5. The molecule has 0 aliphatic heterocycles. The first-order valence-electron chi connectivity index (χ1n) is 9.86. The number of anilines is 2. The van der Waals surface area contributed by atoms with E-state index in [2.05, 4.69) is 10.0 Å². The van der Waals surface area contributed by atoms with E-state index in [0.717, 1.165) is 24.3 Å². The molecule has 1 amide bonds. The summed E-state index contributed by atoms with van der Waals surface area (Å²) in [5.74, 6) is -3.65. The SMILES string of the molecule is CN(C)c1c(F)cc(NC(=O)[C@H](Cc2ccccc2)NS(=O)(=O)c2ccccc2F)cc1F. The predicted octanol–water partition coefficient (Wildman–Crippen LogP) is 3.70. The summed E-state index contributed by atoms with van der Waals surface area (Å²) in [6, 6.07) is 13.7. The fourth-order valence-corrected chi connectivity index (χ4v) is 4.52. The molecule has 3 aromatic rings. The van der Waals surface area contributed by atoms with Crippen LogP contribution in [0.3, 0.4) is 0 Å². The molecule has 3 aromatic carbocycles. The van der Waals surface area contributed by atoms with Crippen LogP contribution in [0.15, 0.2) is 71.6 Å². The number of nitrogens with one attached hydrogen (secondary N) is 2. The van der Waals surface area contributed by atoms with Gasteiger partial charge in [0.1, 0.15) is 22.4 Å². The van der Waals surface area contributed by atoms with Crippen molar-refractivity contribution in [3.63, 3.8) is 0 Å². The van der Waals surface area contributed by atoms with E-state index in [0.29, 0.717) is 5.56 Å². The third-order valence-electron chi connectivity index (χ3n) is 4.75. The summed E-state index contributed by atoms with van der Waals surface area (Å²) in [5.41, 5.74) is 0.145. The number of rotatable bonds is 8. The highest BCUT2D eigenvalue weighted by Crippen LogP contribution is 2.26. The Bertz CT molecular complexity index is 1230. The highest BCUT2D eigenvalue weighted by molar-refractivity contribution is 7.89. The molecule has 1 atom stereocenters. The van der Waals surface area contributed by atoms with E-state index in [-0.39, 0.29) is 17.8 Å². The number of halogens is 3. The number of amides is 1. The Morgan fingerprint density at radius 1 is 0.909 bits per heavy atom. The summed E-state index contributed by atoms with van der Waals surface area (Å²) in [6.07, 6.45) is -0.0822. The van der Waals surface area contributed by atoms with Crippen molar-refractivity contribution in [2.75, 3.05) is 24.3 Å². The molecule has 0 heterocycles. The van der Waals surface area contributed by atoms with Crippen molar-refractivity contribution >= 4 is 27.3 Å². The van der Waals surface area contributed by atoms with Crippen LogP contribution < -0.4 is 14.9 Å². The number of hydrogen-bond acceptors (Lipinski definition) is 4. The lowest BCUT2D eigenvalue weighted by Crippen LogP contribution is -2.45. The summed E-state index contributed by atoms with van der Waals surface area (Å²) in [6.45, 7) is 0. The third kappa shape index (κ3) is 5.91. The van der Waals surface area contributed by atoms with Gasteiger partial charge in [-0.3, -0.25) is 4.79 Å². The monoisotopic (exact) mass is 477 g/mol. The van der Waals surface area contributed by atoms with Crippen LogP contribution in [0.5, 0.6) is 0 Å². The van der Waals surface area contributed by atoms with Gasteiger partial charge in [-0.25, -0.2) is 21.6 Å². The van der Waals surface area contributed by atoms with Crippen LogP contribution in [-0.2, 0) is 21.2 Å². The molecule has 33 heavy (non-hydrogen) atoms. The van der Waals surface area contributed by atoms with Crippen LogP contribution in [0.2, 0.25) is 0 Å². The minimum Gasteiger partial charge on any atom is -0.373 e. The van der Waals surface area contributed by atoms with E-state index >= 15 is 0 Å². The summed E-state index contributed by atoms with van der Waals surface area (Å²) >= 11 is 0. The summed E-state index contributed by atoms with van der Waals surface area (Å²) in [7, 11) is -1.49. The molecule has 0 aliphatic carbocycles. The maximum atomic E-state index is 14.3. The summed E-state index contributed by atoms with van der Waals surface area (Å²) in [5, 5.41) is 2.34. The van der Waals surface area contributed by atoms with Crippen LogP contribution in [0.25, 0.3) is 0 Å². The van der Waals surface area contributed by atoms with Crippen LogP contribution >= 0.6 is 0 Å². The second kappa shape index (κ2) is 10.1. The fourth-order valence-electron chi connectivity index (χ4n) is 3.25. The topological polar surface area (TPSA) is 78.5 Å². The van der Waals surface area contributed by atoms with E-state index in [1.54, 1.807) is 30.3 Å². The normalized spacial score (nSPS) is 12.3. The quantitative estimate of drug-likeness (QED) is 0.519. The van der Waals surface area contributed by atoms with Crippen molar-refractivity contribution in [3.8, 4) is 0 Å². The number of hydrogen-bond donors (Lipinski definition) is 2.